The maximum absolute atomic E-state index is 11.0. The number of aliphatic hydroxyl groups is 1. The number of hydrogen-bond donors (Lipinski definition) is 1. The molecule has 7 aliphatic rings. The molecule has 5 heteroatoms. The van der Waals surface area contributed by atoms with Crippen LogP contribution in [0.25, 0.3) is 0 Å². The minimum absolute atomic E-state index is 0.0663. The van der Waals surface area contributed by atoms with E-state index >= 15 is 0 Å². The number of hydrogen-bond acceptors (Lipinski definition) is 5. The van der Waals surface area contributed by atoms with Crippen LogP contribution >= 0.6 is 0 Å². The van der Waals surface area contributed by atoms with Gasteiger partial charge in [0.05, 0.1) is 6.10 Å². The molecule has 6 heterocycles. The molecule has 0 amide bonds. The van der Waals surface area contributed by atoms with Gasteiger partial charge in [-0.25, -0.2) is 0 Å². The first-order chi connectivity index (χ1) is 11.6. The minimum atomic E-state index is -0.525. The summed E-state index contributed by atoms with van der Waals surface area (Å²) in [4.78, 5) is 2.64. The average molecular weight is 335 g/mol. The van der Waals surface area contributed by atoms with Gasteiger partial charge < -0.3 is 24.2 Å². The number of aliphatic hydroxyl groups excluding tert-OH is 1. The lowest BCUT2D eigenvalue weighted by molar-refractivity contribution is -0.376. The molecule has 6 bridgehead atoms. The fourth-order valence-corrected chi connectivity index (χ4v) is 6.22. The molecule has 0 aromatic rings. The fourth-order valence-electron chi connectivity index (χ4n) is 6.22. The van der Waals surface area contributed by atoms with Gasteiger partial charge in [-0.3, -0.25) is 0 Å². The maximum Gasteiger partial charge on any atom is 0.183 e. The van der Waals surface area contributed by atoms with Crippen molar-refractivity contribution in [2.75, 3.05) is 20.2 Å². The van der Waals surface area contributed by atoms with Gasteiger partial charge in [0.15, 0.2) is 12.6 Å². The number of piperidine rings is 1. The predicted octanol–water partition coefficient (Wildman–Crippen LogP) is 1.90. The quantitative estimate of drug-likeness (QED) is 0.799. The standard InChI is InChI=1S/C19H29NO4/c1-11-14-9-15(21)19(16(14)18(22-2)23-17(11)24-19)10-13-4-3-12-5-7-20(13)8-6-12/h12-18,21H,1,3-10H2,2H3/t13?,14?,15-,16?,17?,18?,19?/m1/s1. The first-order valence-corrected chi connectivity index (χ1v) is 9.59. The Labute approximate surface area is 143 Å². The lowest BCUT2D eigenvalue weighted by Gasteiger charge is -2.55. The zero-order chi connectivity index (χ0) is 16.5. The Morgan fingerprint density at radius 3 is 2.83 bits per heavy atom. The summed E-state index contributed by atoms with van der Waals surface area (Å²) in [5.41, 5.74) is 0.463. The van der Waals surface area contributed by atoms with Crippen LogP contribution < -0.4 is 0 Å². The Bertz CT molecular complexity index is 531. The second kappa shape index (κ2) is 5.52. The van der Waals surface area contributed by atoms with E-state index in [2.05, 4.69) is 11.5 Å². The van der Waals surface area contributed by atoms with E-state index in [1.54, 1.807) is 7.11 Å². The summed E-state index contributed by atoms with van der Waals surface area (Å²) in [6.07, 6.45) is 5.70. The van der Waals surface area contributed by atoms with Crippen LogP contribution in [-0.4, -0.2) is 60.5 Å². The minimum Gasteiger partial charge on any atom is -0.390 e. The van der Waals surface area contributed by atoms with Gasteiger partial charge in [-0.2, -0.15) is 0 Å². The van der Waals surface area contributed by atoms with Crippen LogP contribution in [0.2, 0.25) is 0 Å². The van der Waals surface area contributed by atoms with Gasteiger partial charge in [-0.05, 0) is 69.0 Å². The molecule has 1 N–H and O–H groups in total. The second-order valence-electron chi connectivity index (χ2n) is 8.52. The maximum atomic E-state index is 11.0. The summed E-state index contributed by atoms with van der Waals surface area (Å²) >= 11 is 0. The molecule has 1 saturated carbocycles. The first kappa shape index (κ1) is 15.8. The summed E-state index contributed by atoms with van der Waals surface area (Å²) in [6, 6.07) is 0.510. The van der Waals surface area contributed by atoms with Crippen molar-refractivity contribution in [1.82, 2.24) is 4.90 Å². The van der Waals surface area contributed by atoms with E-state index in [0.29, 0.717) is 6.04 Å². The Morgan fingerprint density at radius 1 is 1.29 bits per heavy atom. The number of fused-ring (bicyclic) bond motifs is 5. The summed E-state index contributed by atoms with van der Waals surface area (Å²) in [5.74, 6) is 1.23. The van der Waals surface area contributed by atoms with Crippen LogP contribution in [0.3, 0.4) is 0 Å². The Morgan fingerprint density at radius 2 is 2.08 bits per heavy atom. The molecular formula is C19H29NO4. The highest BCUT2D eigenvalue weighted by molar-refractivity contribution is 5.25. The van der Waals surface area contributed by atoms with Crippen LogP contribution in [0.5, 0.6) is 0 Å². The van der Waals surface area contributed by atoms with E-state index in [0.717, 1.165) is 24.3 Å². The lowest BCUT2D eigenvalue weighted by atomic mass is 9.73. The summed E-state index contributed by atoms with van der Waals surface area (Å²) < 4.78 is 17.9. The average Bonchev–Trinajstić information content (AvgIpc) is 2.75. The van der Waals surface area contributed by atoms with E-state index in [1.807, 2.05) is 0 Å². The smallest absolute Gasteiger partial charge is 0.183 e. The number of rotatable bonds is 3. The third-order valence-electron chi connectivity index (χ3n) is 7.56. The largest absolute Gasteiger partial charge is 0.390 e. The highest BCUT2D eigenvalue weighted by Gasteiger charge is 2.68. The molecule has 24 heavy (non-hydrogen) atoms. The number of methoxy groups -OCH3 is 1. The molecule has 6 aliphatic heterocycles. The summed E-state index contributed by atoms with van der Waals surface area (Å²) in [6.45, 7) is 6.59. The molecular weight excluding hydrogens is 306 g/mol. The topological polar surface area (TPSA) is 51.2 Å². The normalized spacial score (nSPS) is 55.8. The van der Waals surface area contributed by atoms with Crippen LogP contribution in [0.15, 0.2) is 12.2 Å². The fraction of sp³-hybridized carbons (Fsp3) is 0.895. The number of nitrogens with zero attached hydrogens (tertiary/aromatic N) is 1. The van der Waals surface area contributed by atoms with Gasteiger partial charge in [0.1, 0.15) is 5.60 Å². The molecule has 0 spiro atoms. The zero-order valence-corrected chi connectivity index (χ0v) is 14.5. The zero-order valence-electron chi connectivity index (χ0n) is 14.5. The van der Waals surface area contributed by atoms with Crippen molar-refractivity contribution in [3.63, 3.8) is 0 Å². The molecule has 6 unspecified atom stereocenters. The van der Waals surface area contributed by atoms with E-state index < -0.39 is 18.0 Å². The number of ether oxygens (including phenoxy) is 3. The van der Waals surface area contributed by atoms with Crippen molar-refractivity contribution in [1.29, 1.82) is 0 Å². The van der Waals surface area contributed by atoms with Gasteiger partial charge in [0.25, 0.3) is 0 Å². The Kier molecular flexibility index (Phi) is 3.62. The molecule has 0 aromatic heterocycles. The van der Waals surface area contributed by atoms with Crippen LogP contribution in [0.1, 0.15) is 38.5 Å². The molecule has 134 valence electrons. The van der Waals surface area contributed by atoms with Crippen molar-refractivity contribution >= 4 is 0 Å². The van der Waals surface area contributed by atoms with Crippen molar-refractivity contribution in [2.24, 2.45) is 17.8 Å². The molecule has 1 aliphatic carbocycles. The summed E-state index contributed by atoms with van der Waals surface area (Å²) in [5, 5.41) is 11.0. The van der Waals surface area contributed by atoms with E-state index in [4.69, 9.17) is 14.2 Å². The van der Waals surface area contributed by atoms with Crippen LogP contribution in [-0.2, 0) is 14.2 Å². The van der Waals surface area contributed by atoms with Gasteiger partial charge in [0.2, 0.25) is 0 Å². The first-order valence-electron chi connectivity index (χ1n) is 9.59. The van der Waals surface area contributed by atoms with Gasteiger partial charge in [-0.15, -0.1) is 0 Å². The SMILES string of the molecule is C=C1C2OC(OC)C3C1C[C@@H](O)C3(CC1CCC3CCN1CC3)O2. The molecule has 6 saturated heterocycles. The molecule has 0 aromatic carbocycles. The van der Waals surface area contributed by atoms with Crippen LogP contribution in [0.4, 0.5) is 0 Å². The van der Waals surface area contributed by atoms with E-state index in [1.165, 1.54) is 38.8 Å². The van der Waals surface area contributed by atoms with E-state index in [-0.39, 0.29) is 18.1 Å². The Balaban J connectivity index is 1.46. The van der Waals surface area contributed by atoms with Crippen LogP contribution in [0, 0.1) is 17.8 Å². The van der Waals surface area contributed by atoms with E-state index in [9.17, 15) is 5.11 Å². The second-order valence-corrected chi connectivity index (χ2v) is 8.52. The third-order valence-corrected chi connectivity index (χ3v) is 7.56. The van der Waals surface area contributed by atoms with Crippen molar-refractivity contribution < 1.29 is 19.3 Å². The molecule has 7 rings (SSSR count). The van der Waals surface area contributed by atoms with Crippen molar-refractivity contribution in [2.45, 2.75) is 68.9 Å². The van der Waals surface area contributed by atoms with Crippen molar-refractivity contribution in [3.05, 3.63) is 12.2 Å². The predicted molar refractivity (Wildman–Crippen MR) is 88.2 cm³/mol. The molecule has 7 atom stereocenters. The Hall–Kier alpha value is -0.460. The van der Waals surface area contributed by atoms with Gasteiger partial charge >= 0.3 is 0 Å². The molecule has 7 fully saturated rings. The summed E-state index contributed by atoms with van der Waals surface area (Å²) in [7, 11) is 1.70. The van der Waals surface area contributed by atoms with Gasteiger partial charge in [0, 0.05) is 19.1 Å². The van der Waals surface area contributed by atoms with Gasteiger partial charge in [-0.1, -0.05) is 6.58 Å². The third kappa shape index (κ3) is 2.05. The highest BCUT2D eigenvalue weighted by atomic mass is 16.8. The lowest BCUT2D eigenvalue weighted by Crippen LogP contribution is -2.64. The molecule has 0 radical (unpaired) electrons. The monoisotopic (exact) mass is 335 g/mol. The molecule has 5 nitrogen and oxygen atoms in total. The van der Waals surface area contributed by atoms with Crippen molar-refractivity contribution in [3.8, 4) is 0 Å². The highest BCUT2D eigenvalue weighted by Crippen LogP contribution is 2.60.